The topological polar surface area (TPSA) is 116 Å². The molecule has 0 aromatic carbocycles. The molecule has 1 amide bonds. The summed E-state index contributed by atoms with van der Waals surface area (Å²) < 4.78 is 1.36. The maximum Gasteiger partial charge on any atom is 0.381 e. The normalized spacial score (nSPS) is 12.1. The number of rotatable bonds is 4. The first-order chi connectivity index (χ1) is 7.10. The van der Waals surface area contributed by atoms with Crippen LogP contribution >= 0.6 is 0 Å². The van der Waals surface area contributed by atoms with Crippen LogP contribution in [0, 0.1) is 10.1 Å². The molecular formula is C7H11N5O3. The lowest BCUT2D eigenvalue weighted by molar-refractivity contribution is -0.389. The Morgan fingerprint density at radius 2 is 2.53 bits per heavy atom. The zero-order valence-corrected chi connectivity index (χ0v) is 8.08. The first-order valence-corrected chi connectivity index (χ1v) is 4.28. The van der Waals surface area contributed by atoms with E-state index in [1.807, 2.05) is 5.43 Å². The number of nitrogens with two attached hydrogens (primary N) is 1. The van der Waals surface area contributed by atoms with Crippen molar-refractivity contribution in [3.63, 3.8) is 0 Å². The zero-order chi connectivity index (χ0) is 11.4. The van der Waals surface area contributed by atoms with Crippen molar-refractivity contribution in [1.29, 1.82) is 0 Å². The van der Waals surface area contributed by atoms with Crippen molar-refractivity contribution < 1.29 is 9.72 Å². The average Bonchev–Trinajstić information content (AvgIpc) is 2.68. The summed E-state index contributed by atoms with van der Waals surface area (Å²) in [6, 6.07) is -0.573. The molecule has 0 saturated carbocycles. The molecule has 0 saturated heterocycles. The molecule has 1 rings (SSSR count). The second kappa shape index (κ2) is 4.51. The molecule has 0 aliphatic rings. The molecule has 1 atom stereocenters. The number of nitro groups is 1. The summed E-state index contributed by atoms with van der Waals surface area (Å²) in [5.41, 5.74) is 2.00. The van der Waals surface area contributed by atoms with Crippen LogP contribution in [0.5, 0.6) is 0 Å². The minimum absolute atomic E-state index is 0.293. The van der Waals surface area contributed by atoms with Crippen LogP contribution in [0.3, 0.4) is 0 Å². The summed E-state index contributed by atoms with van der Waals surface area (Å²) in [7, 11) is 0. The third-order valence-electron chi connectivity index (χ3n) is 1.97. The molecule has 0 fully saturated rings. The van der Waals surface area contributed by atoms with Crippen LogP contribution in [0.1, 0.15) is 19.4 Å². The number of aromatic nitrogens is 2. The third-order valence-corrected chi connectivity index (χ3v) is 1.97. The van der Waals surface area contributed by atoms with Crippen LogP contribution in [-0.2, 0) is 4.79 Å². The largest absolute Gasteiger partial charge is 0.381 e. The van der Waals surface area contributed by atoms with Crippen LogP contribution < -0.4 is 11.3 Å². The quantitative estimate of drug-likeness (QED) is 0.309. The van der Waals surface area contributed by atoms with Gasteiger partial charge in [-0.05, 0) is 16.3 Å². The fourth-order valence-corrected chi connectivity index (χ4v) is 1.22. The summed E-state index contributed by atoms with van der Waals surface area (Å²) >= 11 is 0. The Bertz CT molecular complexity index is 374. The van der Waals surface area contributed by atoms with Crippen molar-refractivity contribution in [2.75, 3.05) is 0 Å². The van der Waals surface area contributed by atoms with Crippen molar-refractivity contribution in [2.45, 2.75) is 19.4 Å². The van der Waals surface area contributed by atoms with Crippen LogP contribution in [0.15, 0.2) is 12.5 Å². The molecule has 0 aliphatic carbocycles. The van der Waals surface area contributed by atoms with Gasteiger partial charge in [0.05, 0.1) is 0 Å². The Labute approximate surface area is 85.2 Å². The SMILES string of the molecule is CCC(C(=O)NN)n1cnc([N+](=O)[O-])c1. The Morgan fingerprint density at radius 3 is 2.93 bits per heavy atom. The van der Waals surface area contributed by atoms with E-state index >= 15 is 0 Å². The van der Waals surface area contributed by atoms with Gasteiger partial charge in [-0.25, -0.2) is 5.84 Å². The molecule has 3 N–H and O–H groups in total. The minimum Gasteiger partial charge on any atom is -0.358 e. The summed E-state index contributed by atoms with van der Waals surface area (Å²) in [4.78, 5) is 24.6. The molecule has 0 aliphatic heterocycles. The van der Waals surface area contributed by atoms with Gasteiger partial charge in [0, 0.05) is 0 Å². The van der Waals surface area contributed by atoms with Gasteiger partial charge < -0.3 is 10.1 Å². The molecule has 0 radical (unpaired) electrons. The molecular weight excluding hydrogens is 202 g/mol. The second-order valence-corrected chi connectivity index (χ2v) is 2.87. The maximum absolute atomic E-state index is 11.3. The van der Waals surface area contributed by atoms with E-state index in [-0.39, 0.29) is 5.82 Å². The van der Waals surface area contributed by atoms with E-state index in [1.165, 1.54) is 17.1 Å². The van der Waals surface area contributed by atoms with Gasteiger partial charge in [-0.1, -0.05) is 6.92 Å². The number of hydrogen-bond acceptors (Lipinski definition) is 5. The van der Waals surface area contributed by atoms with Gasteiger partial charge in [0.1, 0.15) is 12.2 Å². The number of hydrogen-bond donors (Lipinski definition) is 2. The Hall–Kier alpha value is -1.96. The van der Waals surface area contributed by atoms with Crippen LogP contribution in [0.2, 0.25) is 0 Å². The number of nitrogens with one attached hydrogen (secondary N) is 1. The van der Waals surface area contributed by atoms with Gasteiger partial charge in [-0.3, -0.25) is 14.8 Å². The van der Waals surface area contributed by atoms with E-state index in [9.17, 15) is 14.9 Å². The highest BCUT2D eigenvalue weighted by Gasteiger charge is 2.21. The van der Waals surface area contributed by atoms with E-state index in [0.717, 1.165) is 0 Å². The highest BCUT2D eigenvalue weighted by molar-refractivity contribution is 5.79. The molecule has 82 valence electrons. The standard InChI is InChI=1S/C7H11N5O3/c1-2-5(7(13)10-8)11-3-6(9-4-11)12(14)15/h3-5H,2,8H2,1H3,(H,10,13). The number of imidazole rings is 1. The van der Waals surface area contributed by atoms with Crippen molar-refractivity contribution in [3.8, 4) is 0 Å². The number of carbonyl (C=O) groups excluding carboxylic acids is 1. The van der Waals surface area contributed by atoms with Gasteiger partial charge in [0.2, 0.25) is 6.33 Å². The molecule has 1 aromatic heterocycles. The third kappa shape index (κ3) is 2.29. The van der Waals surface area contributed by atoms with Gasteiger partial charge >= 0.3 is 5.82 Å². The molecule has 0 spiro atoms. The lowest BCUT2D eigenvalue weighted by atomic mass is 10.2. The predicted molar refractivity (Wildman–Crippen MR) is 50.5 cm³/mol. The Balaban J connectivity index is 2.92. The number of hydrazine groups is 1. The van der Waals surface area contributed by atoms with Crippen LogP contribution in [0.4, 0.5) is 5.82 Å². The highest BCUT2D eigenvalue weighted by atomic mass is 16.6. The monoisotopic (exact) mass is 213 g/mol. The van der Waals surface area contributed by atoms with Gasteiger partial charge in [-0.15, -0.1) is 0 Å². The van der Waals surface area contributed by atoms with E-state index < -0.39 is 16.9 Å². The molecule has 8 heteroatoms. The van der Waals surface area contributed by atoms with Crippen molar-refractivity contribution in [1.82, 2.24) is 15.0 Å². The fourth-order valence-electron chi connectivity index (χ4n) is 1.22. The molecule has 0 bridgehead atoms. The summed E-state index contributed by atoms with van der Waals surface area (Å²) in [5.74, 6) is 4.28. The average molecular weight is 213 g/mol. The lowest BCUT2D eigenvalue weighted by Crippen LogP contribution is -2.36. The van der Waals surface area contributed by atoms with Gasteiger partial charge in [0.15, 0.2) is 0 Å². The van der Waals surface area contributed by atoms with E-state index in [4.69, 9.17) is 5.84 Å². The van der Waals surface area contributed by atoms with Gasteiger partial charge in [0.25, 0.3) is 5.91 Å². The molecule has 15 heavy (non-hydrogen) atoms. The minimum atomic E-state index is -0.621. The summed E-state index contributed by atoms with van der Waals surface area (Å²) in [5, 5.41) is 10.4. The second-order valence-electron chi connectivity index (χ2n) is 2.87. The van der Waals surface area contributed by atoms with Crippen LogP contribution in [0.25, 0.3) is 0 Å². The molecule has 8 nitrogen and oxygen atoms in total. The van der Waals surface area contributed by atoms with Crippen molar-refractivity contribution in [3.05, 3.63) is 22.6 Å². The number of carbonyl (C=O) groups is 1. The highest BCUT2D eigenvalue weighted by Crippen LogP contribution is 2.15. The van der Waals surface area contributed by atoms with E-state index in [0.29, 0.717) is 6.42 Å². The van der Waals surface area contributed by atoms with E-state index in [1.54, 1.807) is 6.92 Å². The molecule has 1 unspecified atom stereocenters. The van der Waals surface area contributed by atoms with Gasteiger partial charge in [-0.2, -0.15) is 0 Å². The molecule has 1 aromatic rings. The Morgan fingerprint density at radius 1 is 1.87 bits per heavy atom. The van der Waals surface area contributed by atoms with Crippen molar-refractivity contribution in [2.24, 2.45) is 5.84 Å². The zero-order valence-electron chi connectivity index (χ0n) is 8.08. The Kier molecular flexibility index (Phi) is 3.34. The maximum atomic E-state index is 11.3. The number of nitrogens with zero attached hydrogens (tertiary/aromatic N) is 3. The summed E-state index contributed by atoms with van der Waals surface area (Å²) in [6.45, 7) is 1.77. The lowest BCUT2D eigenvalue weighted by Gasteiger charge is -2.12. The fraction of sp³-hybridized carbons (Fsp3) is 0.429. The molecule has 1 heterocycles. The smallest absolute Gasteiger partial charge is 0.358 e. The van der Waals surface area contributed by atoms with Crippen molar-refractivity contribution >= 4 is 11.7 Å². The van der Waals surface area contributed by atoms with E-state index in [2.05, 4.69) is 4.98 Å². The first kappa shape index (κ1) is 11.1. The van der Waals surface area contributed by atoms with Crippen LogP contribution in [-0.4, -0.2) is 20.4 Å². The first-order valence-electron chi connectivity index (χ1n) is 4.28. The summed E-state index contributed by atoms with van der Waals surface area (Å²) in [6.07, 6.45) is 2.90. The number of amides is 1. The predicted octanol–water partition coefficient (Wildman–Crippen LogP) is -0.268.